The Morgan fingerprint density at radius 1 is 1.55 bits per heavy atom. The summed E-state index contributed by atoms with van der Waals surface area (Å²) < 4.78 is 0. The van der Waals surface area contributed by atoms with Gasteiger partial charge in [-0.15, -0.1) is 0 Å². The minimum atomic E-state index is 0.0801. The van der Waals surface area contributed by atoms with E-state index in [1.807, 2.05) is 19.9 Å². The summed E-state index contributed by atoms with van der Waals surface area (Å²) in [5.41, 5.74) is 0. The van der Waals surface area contributed by atoms with Gasteiger partial charge in [0, 0.05) is 13.0 Å². The lowest BCUT2D eigenvalue weighted by atomic mass is 10.3. The zero-order valence-electron chi connectivity index (χ0n) is 7.13. The highest BCUT2D eigenvalue weighted by Gasteiger charge is 2.08. The Hall–Kier alpha value is -1.04. The third kappa shape index (κ3) is 3.61. The van der Waals surface area contributed by atoms with Crippen LogP contribution in [0.5, 0.6) is 0 Å². The summed E-state index contributed by atoms with van der Waals surface area (Å²) in [6.07, 6.45) is 1.40. The molecule has 0 saturated carbocycles. The predicted molar refractivity (Wildman–Crippen MR) is 42.8 cm³/mol. The fourth-order valence-electron chi connectivity index (χ4n) is 0.834. The summed E-state index contributed by atoms with van der Waals surface area (Å²) in [6.45, 7) is 4.69. The van der Waals surface area contributed by atoms with Gasteiger partial charge in [-0.25, -0.2) is 0 Å². The van der Waals surface area contributed by atoms with Crippen LogP contribution in [0.25, 0.3) is 0 Å². The zero-order chi connectivity index (χ0) is 8.69. The Morgan fingerprint density at radius 2 is 2.18 bits per heavy atom. The molecule has 0 aromatic carbocycles. The maximum absolute atomic E-state index is 11.1. The van der Waals surface area contributed by atoms with Crippen molar-refractivity contribution >= 4 is 5.91 Å². The highest BCUT2D eigenvalue weighted by Crippen LogP contribution is 1.95. The van der Waals surface area contributed by atoms with Crippen LogP contribution in [0.3, 0.4) is 0 Å². The molecule has 3 nitrogen and oxygen atoms in total. The van der Waals surface area contributed by atoms with Crippen molar-refractivity contribution in [2.45, 2.75) is 26.7 Å². The number of carbonyl (C=O) groups is 1. The fourth-order valence-corrected chi connectivity index (χ4v) is 0.834. The van der Waals surface area contributed by atoms with Crippen molar-refractivity contribution in [3.63, 3.8) is 0 Å². The van der Waals surface area contributed by atoms with E-state index in [0.29, 0.717) is 13.0 Å². The van der Waals surface area contributed by atoms with Crippen LogP contribution in [-0.4, -0.2) is 23.9 Å². The summed E-state index contributed by atoms with van der Waals surface area (Å²) in [4.78, 5) is 12.7. The highest BCUT2D eigenvalue weighted by atomic mass is 16.2. The standard InChI is InChI=1S/C8H14N2O/c1-3-5-8(11)10(4-2)7-6-9/h3-5,7H2,1-2H3. The molecular weight excluding hydrogens is 140 g/mol. The van der Waals surface area contributed by atoms with Gasteiger partial charge in [0.1, 0.15) is 6.54 Å². The molecule has 0 spiro atoms. The number of hydrogen-bond acceptors (Lipinski definition) is 2. The number of nitriles is 1. The first-order valence-corrected chi connectivity index (χ1v) is 3.91. The van der Waals surface area contributed by atoms with E-state index in [9.17, 15) is 4.79 Å². The summed E-state index contributed by atoms with van der Waals surface area (Å²) in [5.74, 6) is 0.0801. The van der Waals surface area contributed by atoms with E-state index >= 15 is 0 Å². The van der Waals surface area contributed by atoms with Crippen molar-refractivity contribution < 1.29 is 4.79 Å². The van der Waals surface area contributed by atoms with E-state index in [4.69, 9.17) is 5.26 Å². The maximum atomic E-state index is 11.1. The largest absolute Gasteiger partial charge is 0.330 e. The van der Waals surface area contributed by atoms with Crippen LogP contribution in [0.2, 0.25) is 0 Å². The second kappa shape index (κ2) is 5.72. The molecule has 0 saturated heterocycles. The molecule has 0 N–H and O–H groups in total. The van der Waals surface area contributed by atoms with Gasteiger partial charge in [-0.1, -0.05) is 6.92 Å². The van der Waals surface area contributed by atoms with Gasteiger partial charge in [0.2, 0.25) is 5.91 Å². The SMILES string of the molecule is CCCC(=O)N(CC)CC#N. The quantitative estimate of drug-likeness (QED) is 0.570. The fraction of sp³-hybridized carbons (Fsp3) is 0.750. The molecule has 0 atom stereocenters. The second-order valence-corrected chi connectivity index (χ2v) is 2.32. The van der Waals surface area contributed by atoms with E-state index in [0.717, 1.165) is 6.42 Å². The topological polar surface area (TPSA) is 44.1 Å². The second-order valence-electron chi connectivity index (χ2n) is 2.32. The molecule has 0 aromatic heterocycles. The van der Waals surface area contributed by atoms with Gasteiger partial charge in [-0.3, -0.25) is 4.79 Å². The molecule has 0 heterocycles. The van der Waals surface area contributed by atoms with Gasteiger partial charge in [-0.05, 0) is 13.3 Å². The zero-order valence-corrected chi connectivity index (χ0v) is 7.13. The van der Waals surface area contributed by atoms with Gasteiger partial charge in [0.25, 0.3) is 0 Å². The van der Waals surface area contributed by atoms with Gasteiger partial charge in [0.15, 0.2) is 0 Å². The van der Waals surface area contributed by atoms with Crippen LogP contribution in [0.1, 0.15) is 26.7 Å². The smallest absolute Gasteiger partial charge is 0.223 e. The molecule has 0 aliphatic rings. The number of rotatable bonds is 4. The van der Waals surface area contributed by atoms with Gasteiger partial charge in [0.05, 0.1) is 6.07 Å². The maximum Gasteiger partial charge on any atom is 0.223 e. The Labute approximate surface area is 67.6 Å². The van der Waals surface area contributed by atoms with Crippen LogP contribution in [0.4, 0.5) is 0 Å². The van der Waals surface area contributed by atoms with Crippen LogP contribution in [0, 0.1) is 11.3 Å². The minimum Gasteiger partial charge on any atom is -0.330 e. The van der Waals surface area contributed by atoms with Gasteiger partial charge in [-0.2, -0.15) is 5.26 Å². The van der Waals surface area contributed by atoms with E-state index in [1.165, 1.54) is 0 Å². The van der Waals surface area contributed by atoms with Crippen molar-refractivity contribution in [3.05, 3.63) is 0 Å². The molecule has 0 unspecified atom stereocenters. The van der Waals surface area contributed by atoms with Crippen LogP contribution in [0.15, 0.2) is 0 Å². The third-order valence-corrected chi connectivity index (χ3v) is 1.46. The van der Waals surface area contributed by atoms with Crippen molar-refractivity contribution in [1.29, 1.82) is 5.26 Å². The summed E-state index contributed by atoms with van der Waals surface area (Å²) in [7, 11) is 0. The van der Waals surface area contributed by atoms with Crippen molar-refractivity contribution in [2.24, 2.45) is 0 Å². The monoisotopic (exact) mass is 154 g/mol. The Kier molecular flexibility index (Phi) is 5.18. The average molecular weight is 154 g/mol. The van der Waals surface area contributed by atoms with Crippen molar-refractivity contribution in [2.75, 3.05) is 13.1 Å². The summed E-state index contributed by atoms with van der Waals surface area (Å²) in [6, 6.07) is 1.96. The van der Waals surface area contributed by atoms with E-state index in [2.05, 4.69) is 0 Å². The lowest BCUT2D eigenvalue weighted by molar-refractivity contribution is -0.130. The lowest BCUT2D eigenvalue weighted by Gasteiger charge is -2.16. The van der Waals surface area contributed by atoms with Gasteiger partial charge < -0.3 is 4.90 Å². The van der Waals surface area contributed by atoms with Crippen LogP contribution >= 0.6 is 0 Å². The minimum absolute atomic E-state index is 0.0801. The molecule has 62 valence electrons. The number of hydrogen-bond donors (Lipinski definition) is 0. The van der Waals surface area contributed by atoms with Crippen LogP contribution in [-0.2, 0) is 4.79 Å². The molecule has 0 radical (unpaired) electrons. The predicted octanol–water partition coefficient (Wildman–Crippen LogP) is 1.16. The van der Waals surface area contributed by atoms with Crippen LogP contribution < -0.4 is 0 Å². The first-order valence-electron chi connectivity index (χ1n) is 3.91. The molecule has 3 heteroatoms. The highest BCUT2D eigenvalue weighted by molar-refractivity contribution is 5.76. The molecule has 1 amide bonds. The number of nitrogens with zero attached hydrogens (tertiary/aromatic N) is 2. The van der Waals surface area contributed by atoms with Crippen molar-refractivity contribution in [1.82, 2.24) is 4.90 Å². The molecule has 0 rings (SSSR count). The molecule has 0 bridgehead atoms. The molecule has 0 fully saturated rings. The lowest BCUT2D eigenvalue weighted by Crippen LogP contribution is -2.30. The number of amides is 1. The molecular formula is C8H14N2O. The third-order valence-electron chi connectivity index (χ3n) is 1.46. The summed E-state index contributed by atoms with van der Waals surface area (Å²) in [5, 5.41) is 8.34. The molecule has 0 aliphatic heterocycles. The summed E-state index contributed by atoms with van der Waals surface area (Å²) >= 11 is 0. The Morgan fingerprint density at radius 3 is 2.55 bits per heavy atom. The normalized spacial score (nSPS) is 8.82. The molecule has 11 heavy (non-hydrogen) atoms. The molecule has 0 aromatic rings. The van der Waals surface area contributed by atoms with E-state index in [1.54, 1.807) is 4.90 Å². The van der Waals surface area contributed by atoms with Crippen molar-refractivity contribution in [3.8, 4) is 6.07 Å². The van der Waals surface area contributed by atoms with Gasteiger partial charge >= 0.3 is 0 Å². The molecule has 0 aliphatic carbocycles. The Bertz CT molecular complexity index is 160. The first kappa shape index (κ1) is 9.96. The first-order chi connectivity index (χ1) is 5.26. The van der Waals surface area contributed by atoms with E-state index < -0.39 is 0 Å². The van der Waals surface area contributed by atoms with E-state index in [-0.39, 0.29) is 12.5 Å². The Balaban J connectivity index is 3.83. The number of carbonyl (C=O) groups excluding carboxylic acids is 1. The average Bonchev–Trinajstić information content (AvgIpc) is 2.00.